The van der Waals surface area contributed by atoms with Crippen LogP contribution in [0.2, 0.25) is 5.02 Å². The number of nitrogens with zero attached hydrogens (tertiary/aromatic N) is 1. The number of amides is 1. The Kier molecular flexibility index (Phi) is 4.44. The van der Waals surface area contributed by atoms with E-state index in [1.54, 1.807) is 17.0 Å². The molecule has 120 valence electrons. The lowest BCUT2D eigenvalue weighted by Crippen LogP contribution is -2.27. The molecule has 5 heteroatoms. The summed E-state index contributed by atoms with van der Waals surface area (Å²) >= 11 is 5.93. The zero-order chi connectivity index (χ0) is 16.4. The molecule has 0 unspecified atom stereocenters. The first-order valence-electron chi connectivity index (χ1n) is 7.53. The third-order valence-electron chi connectivity index (χ3n) is 3.59. The molecular weight excluding hydrogens is 314 g/mol. The summed E-state index contributed by atoms with van der Waals surface area (Å²) in [6, 6.07) is 14.7. The minimum atomic E-state index is -0.354. The van der Waals surface area contributed by atoms with Gasteiger partial charge in [0.05, 0.1) is 12.1 Å². The number of anilines is 1. The fourth-order valence-corrected chi connectivity index (χ4v) is 2.75. The highest BCUT2D eigenvalue weighted by molar-refractivity contribution is 6.30. The van der Waals surface area contributed by atoms with Crippen LogP contribution in [0.25, 0.3) is 0 Å². The van der Waals surface area contributed by atoms with Gasteiger partial charge in [0, 0.05) is 10.7 Å². The van der Waals surface area contributed by atoms with Crippen LogP contribution in [0.4, 0.5) is 10.5 Å². The van der Waals surface area contributed by atoms with Gasteiger partial charge in [-0.15, -0.1) is 0 Å². The third kappa shape index (κ3) is 3.42. The molecule has 2 aromatic rings. The Hall–Kier alpha value is -2.20. The first-order chi connectivity index (χ1) is 11.0. The van der Waals surface area contributed by atoms with E-state index in [4.69, 9.17) is 21.1 Å². The van der Waals surface area contributed by atoms with Crippen molar-refractivity contribution in [2.45, 2.75) is 26.0 Å². The van der Waals surface area contributed by atoms with Gasteiger partial charge in [0.2, 0.25) is 0 Å². The zero-order valence-corrected chi connectivity index (χ0v) is 13.8. The average Bonchev–Trinajstić information content (AvgIpc) is 2.89. The number of rotatable bonds is 4. The SMILES string of the molecule is CC(C)Oc1cccc([C@H]2COC(=O)N2c2ccc(Cl)cc2)c1. The number of cyclic esters (lactones) is 1. The van der Waals surface area contributed by atoms with Crippen LogP contribution in [0.15, 0.2) is 48.5 Å². The highest BCUT2D eigenvalue weighted by Crippen LogP contribution is 2.34. The predicted molar refractivity (Wildman–Crippen MR) is 90.2 cm³/mol. The van der Waals surface area contributed by atoms with Crippen molar-refractivity contribution in [2.75, 3.05) is 11.5 Å². The molecule has 0 aromatic heterocycles. The molecule has 0 aliphatic carbocycles. The number of hydrogen-bond acceptors (Lipinski definition) is 3. The van der Waals surface area contributed by atoms with Crippen molar-refractivity contribution in [2.24, 2.45) is 0 Å². The molecule has 3 rings (SSSR count). The van der Waals surface area contributed by atoms with E-state index in [2.05, 4.69) is 0 Å². The maximum atomic E-state index is 12.1. The second-order valence-corrected chi connectivity index (χ2v) is 6.11. The Bertz CT molecular complexity index is 700. The van der Waals surface area contributed by atoms with Crippen molar-refractivity contribution in [1.82, 2.24) is 0 Å². The minimum absolute atomic E-state index is 0.0964. The van der Waals surface area contributed by atoms with Crippen LogP contribution in [0, 0.1) is 0 Å². The van der Waals surface area contributed by atoms with Crippen molar-refractivity contribution in [3.05, 3.63) is 59.1 Å². The van der Waals surface area contributed by atoms with E-state index in [1.807, 2.05) is 50.2 Å². The fraction of sp³-hybridized carbons (Fsp3) is 0.278. The van der Waals surface area contributed by atoms with Gasteiger partial charge in [0.15, 0.2) is 0 Å². The first-order valence-corrected chi connectivity index (χ1v) is 7.90. The summed E-state index contributed by atoms with van der Waals surface area (Å²) in [5.74, 6) is 0.785. The second kappa shape index (κ2) is 6.50. The molecule has 23 heavy (non-hydrogen) atoms. The van der Waals surface area contributed by atoms with Gasteiger partial charge in [-0.3, -0.25) is 4.90 Å². The van der Waals surface area contributed by atoms with Crippen molar-refractivity contribution >= 4 is 23.4 Å². The molecule has 0 saturated carbocycles. The lowest BCUT2D eigenvalue weighted by atomic mass is 10.1. The minimum Gasteiger partial charge on any atom is -0.491 e. The van der Waals surface area contributed by atoms with Gasteiger partial charge in [-0.1, -0.05) is 23.7 Å². The molecular formula is C18H18ClNO3. The molecule has 1 saturated heterocycles. The molecule has 0 N–H and O–H groups in total. The molecule has 1 atom stereocenters. The van der Waals surface area contributed by atoms with Gasteiger partial charge >= 0.3 is 6.09 Å². The van der Waals surface area contributed by atoms with E-state index in [9.17, 15) is 4.79 Å². The van der Waals surface area contributed by atoms with Crippen LogP contribution in [0.3, 0.4) is 0 Å². The van der Waals surface area contributed by atoms with Crippen molar-refractivity contribution in [3.8, 4) is 5.75 Å². The van der Waals surface area contributed by atoms with E-state index >= 15 is 0 Å². The molecule has 0 bridgehead atoms. The fourth-order valence-electron chi connectivity index (χ4n) is 2.62. The molecule has 1 amide bonds. The highest BCUT2D eigenvalue weighted by Gasteiger charge is 2.35. The number of carbonyl (C=O) groups is 1. The van der Waals surface area contributed by atoms with Gasteiger partial charge in [-0.2, -0.15) is 0 Å². The van der Waals surface area contributed by atoms with E-state index in [0.29, 0.717) is 11.6 Å². The van der Waals surface area contributed by atoms with Gasteiger partial charge < -0.3 is 9.47 Å². The zero-order valence-electron chi connectivity index (χ0n) is 13.0. The largest absolute Gasteiger partial charge is 0.491 e. The molecule has 1 fully saturated rings. The molecule has 0 spiro atoms. The average molecular weight is 332 g/mol. The third-order valence-corrected chi connectivity index (χ3v) is 3.84. The summed E-state index contributed by atoms with van der Waals surface area (Å²) < 4.78 is 11.0. The number of ether oxygens (including phenoxy) is 2. The van der Waals surface area contributed by atoms with Crippen LogP contribution in [-0.4, -0.2) is 18.8 Å². The quantitative estimate of drug-likeness (QED) is 0.805. The maximum absolute atomic E-state index is 12.1. The van der Waals surface area contributed by atoms with Gasteiger partial charge in [0.1, 0.15) is 12.4 Å². The van der Waals surface area contributed by atoms with Crippen molar-refractivity contribution in [3.63, 3.8) is 0 Å². The van der Waals surface area contributed by atoms with E-state index < -0.39 is 0 Å². The van der Waals surface area contributed by atoms with E-state index in [1.165, 1.54) is 0 Å². The smallest absolute Gasteiger partial charge is 0.415 e. The summed E-state index contributed by atoms with van der Waals surface area (Å²) in [6.45, 7) is 4.27. The van der Waals surface area contributed by atoms with Gasteiger partial charge in [-0.05, 0) is 55.8 Å². The highest BCUT2D eigenvalue weighted by atomic mass is 35.5. The molecule has 2 aromatic carbocycles. The standard InChI is InChI=1S/C18H18ClNO3/c1-12(2)23-16-5-3-4-13(10-16)17-11-22-18(21)20(17)15-8-6-14(19)7-9-15/h3-10,12,17H,11H2,1-2H3/t17-/m1/s1. The van der Waals surface area contributed by atoms with Crippen molar-refractivity contribution in [1.29, 1.82) is 0 Å². The Balaban J connectivity index is 1.91. The molecule has 1 heterocycles. The lowest BCUT2D eigenvalue weighted by Gasteiger charge is -2.22. The molecule has 1 aliphatic heterocycles. The summed E-state index contributed by atoms with van der Waals surface area (Å²) in [5.41, 5.74) is 1.74. The lowest BCUT2D eigenvalue weighted by molar-refractivity contribution is 0.179. The monoisotopic (exact) mass is 331 g/mol. The van der Waals surface area contributed by atoms with E-state index in [0.717, 1.165) is 17.0 Å². The van der Waals surface area contributed by atoms with Crippen LogP contribution < -0.4 is 9.64 Å². The second-order valence-electron chi connectivity index (χ2n) is 5.68. The van der Waals surface area contributed by atoms with Crippen LogP contribution in [0.1, 0.15) is 25.5 Å². The summed E-state index contributed by atoms with van der Waals surface area (Å²) in [5, 5.41) is 0.630. The number of hydrogen-bond donors (Lipinski definition) is 0. The number of benzene rings is 2. The summed E-state index contributed by atoms with van der Waals surface area (Å²) in [7, 11) is 0. The molecule has 4 nitrogen and oxygen atoms in total. The number of carbonyl (C=O) groups excluding carboxylic acids is 1. The maximum Gasteiger partial charge on any atom is 0.415 e. The van der Waals surface area contributed by atoms with Crippen LogP contribution >= 0.6 is 11.6 Å². The normalized spacial score (nSPS) is 17.5. The van der Waals surface area contributed by atoms with Crippen LogP contribution in [-0.2, 0) is 4.74 Å². The van der Waals surface area contributed by atoms with Gasteiger partial charge in [-0.25, -0.2) is 4.79 Å². The van der Waals surface area contributed by atoms with E-state index in [-0.39, 0.29) is 18.2 Å². The van der Waals surface area contributed by atoms with Crippen LogP contribution in [0.5, 0.6) is 5.75 Å². The Morgan fingerprint density at radius 3 is 2.65 bits per heavy atom. The Morgan fingerprint density at radius 2 is 1.96 bits per heavy atom. The summed E-state index contributed by atoms with van der Waals surface area (Å²) in [4.78, 5) is 13.8. The van der Waals surface area contributed by atoms with Gasteiger partial charge in [0.25, 0.3) is 0 Å². The topological polar surface area (TPSA) is 38.8 Å². The molecule has 0 radical (unpaired) electrons. The Morgan fingerprint density at radius 1 is 1.22 bits per heavy atom. The molecule has 1 aliphatic rings. The Labute approximate surface area is 140 Å². The number of halogens is 1. The predicted octanol–water partition coefficient (Wildman–Crippen LogP) is 4.83. The summed E-state index contributed by atoms with van der Waals surface area (Å²) in [6.07, 6.45) is -0.258. The van der Waals surface area contributed by atoms with Crippen molar-refractivity contribution < 1.29 is 14.3 Å². The first kappa shape index (κ1) is 15.7.